The molecular formula is C14H22N2O4S. The van der Waals surface area contributed by atoms with Gasteiger partial charge in [-0.15, -0.1) is 0 Å². The maximum atomic E-state index is 12.4. The minimum absolute atomic E-state index is 0.0548. The van der Waals surface area contributed by atoms with Gasteiger partial charge in [0.2, 0.25) is 10.0 Å². The molecule has 118 valence electrons. The number of hydrogen-bond donors (Lipinski definition) is 1. The molecule has 0 spiro atoms. The van der Waals surface area contributed by atoms with Crippen LogP contribution in [0.3, 0.4) is 0 Å². The molecule has 0 unspecified atom stereocenters. The summed E-state index contributed by atoms with van der Waals surface area (Å²) >= 11 is 0. The Balaban J connectivity index is 1.93. The van der Waals surface area contributed by atoms with Crippen molar-refractivity contribution >= 4 is 15.7 Å². The first-order valence-electron chi connectivity index (χ1n) is 6.88. The summed E-state index contributed by atoms with van der Waals surface area (Å²) in [5.41, 5.74) is 5.71. The molecule has 0 amide bonds. The smallest absolute Gasteiger partial charge is 0.218 e. The van der Waals surface area contributed by atoms with Crippen LogP contribution in [0, 0.1) is 0 Å². The molecule has 1 aliphatic rings. The lowest BCUT2D eigenvalue weighted by Crippen LogP contribution is -2.56. The number of benzene rings is 1. The number of sulfonamides is 1. The van der Waals surface area contributed by atoms with E-state index in [1.54, 1.807) is 24.3 Å². The summed E-state index contributed by atoms with van der Waals surface area (Å²) in [4.78, 5) is 0. The lowest BCUT2D eigenvalue weighted by Gasteiger charge is -2.40. The molecule has 6 nitrogen and oxygen atoms in total. The summed E-state index contributed by atoms with van der Waals surface area (Å²) in [6.07, 6.45) is 0. The molecule has 1 aromatic carbocycles. The number of anilines is 1. The molecule has 1 fully saturated rings. The quantitative estimate of drug-likeness (QED) is 0.823. The van der Waals surface area contributed by atoms with Gasteiger partial charge in [-0.1, -0.05) is 0 Å². The standard InChI is InChI=1S/C14H22N2O4S/c1-14(2)11-19-8-7-16(14)21(17,18)10-9-20-13-5-3-12(15)4-6-13/h3-6H,7-11,15H2,1-2H3. The molecule has 0 aliphatic carbocycles. The molecule has 1 aliphatic heterocycles. The molecule has 1 saturated heterocycles. The van der Waals surface area contributed by atoms with Crippen molar-refractivity contribution in [3.8, 4) is 5.75 Å². The third-order valence-electron chi connectivity index (χ3n) is 3.40. The number of ether oxygens (including phenoxy) is 2. The topological polar surface area (TPSA) is 81.9 Å². The molecule has 2 rings (SSSR count). The maximum Gasteiger partial charge on any atom is 0.218 e. The van der Waals surface area contributed by atoms with Crippen molar-refractivity contribution in [3.05, 3.63) is 24.3 Å². The highest BCUT2D eigenvalue weighted by molar-refractivity contribution is 7.89. The van der Waals surface area contributed by atoms with Crippen LogP contribution in [0.15, 0.2) is 24.3 Å². The Morgan fingerprint density at radius 3 is 2.62 bits per heavy atom. The first-order valence-corrected chi connectivity index (χ1v) is 8.49. The summed E-state index contributed by atoms with van der Waals surface area (Å²) in [7, 11) is -3.37. The van der Waals surface area contributed by atoms with Gasteiger partial charge in [0, 0.05) is 12.2 Å². The minimum atomic E-state index is -3.37. The Hall–Kier alpha value is -1.31. The molecule has 0 atom stereocenters. The number of rotatable bonds is 5. The fourth-order valence-corrected chi connectivity index (χ4v) is 3.97. The molecule has 0 radical (unpaired) electrons. The molecular weight excluding hydrogens is 292 g/mol. The van der Waals surface area contributed by atoms with Gasteiger partial charge in [0.05, 0.1) is 24.5 Å². The van der Waals surface area contributed by atoms with Crippen molar-refractivity contribution in [2.45, 2.75) is 19.4 Å². The number of nitrogen functional groups attached to an aromatic ring is 1. The van der Waals surface area contributed by atoms with Gasteiger partial charge in [-0.05, 0) is 38.1 Å². The van der Waals surface area contributed by atoms with Crippen LogP contribution in [-0.4, -0.2) is 50.4 Å². The minimum Gasteiger partial charge on any atom is -0.492 e. The van der Waals surface area contributed by atoms with Crippen LogP contribution in [0.2, 0.25) is 0 Å². The summed E-state index contributed by atoms with van der Waals surface area (Å²) in [6, 6.07) is 6.88. The lowest BCUT2D eigenvalue weighted by molar-refractivity contribution is -0.00779. The molecule has 7 heteroatoms. The molecule has 21 heavy (non-hydrogen) atoms. The number of hydrogen-bond acceptors (Lipinski definition) is 5. The summed E-state index contributed by atoms with van der Waals surface area (Å²) in [6.45, 7) is 5.07. The predicted octanol–water partition coefficient (Wildman–Crippen LogP) is 1.09. The average molecular weight is 314 g/mol. The van der Waals surface area contributed by atoms with Gasteiger partial charge in [0.1, 0.15) is 12.4 Å². The third kappa shape index (κ3) is 4.09. The largest absolute Gasteiger partial charge is 0.492 e. The monoisotopic (exact) mass is 314 g/mol. The van der Waals surface area contributed by atoms with Crippen molar-refractivity contribution in [1.29, 1.82) is 0 Å². The van der Waals surface area contributed by atoms with E-state index in [-0.39, 0.29) is 12.4 Å². The van der Waals surface area contributed by atoms with Crippen LogP contribution in [0.1, 0.15) is 13.8 Å². The zero-order valence-corrected chi connectivity index (χ0v) is 13.2. The first-order chi connectivity index (χ1) is 9.81. The summed E-state index contributed by atoms with van der Waals surface area (Å²) < 4.78 is 37.2. The Morgan fingerprint density at radius 1 is 1.33 bits per heavy atom. The van der Waals surface area contributed by atoms with E-state index >= 15 is 0 Å². The maximum absolute atomic E-state index is 12.4. The Morgan fingerprint density at radius 2 is 2.00 bits per heavy atom. The summed E-state index contributed by atoms with van der Waals surface area (Å²) in [5, 5.41) is 0. The van der Waals surface area contributed by atoms with E-state index in [1.165, 1.54) is 4.31 Å². The van der Waals surface area contributed by atoms with Gasteiger partial charge in [-0.3, -0.25) is 0 Å². The Bertz CT molecular complexity index is 569. The molecule has 1 aromatic rings. The van der Waals surface area contributed by atoms with Crippen LogP contribution in [0.4, 0.5) is 5.69 Å². The Kier molecular flexibility index (Phi) is 4.75. The van der Waals surface area contributed by atoms with Crippen molar-refractivity contribution in [3.63, 3.8) is 0 Å². The molecule has 2 N–H and O–H groups in total. The molecule has 0 saturated carbocycles. The highest BCUT2D eigenvalue weighted by Crippen LogP contribution is 2.23. The van der Waals surface area contributed by atoms with E-state index in [2.05, 4.69) is 0 Å². The zero-order chi connectivity index (χ0) is 15.5. The van der Waals surface area contributed by atoms with E-state index in [9.17, 15) is 8.42 Å². The first kappa shape index (κ1) is 16.1. The van der Waals surface area contributed by atoms with Gasteiger partial charge in [0.25, 0.3) is 0 Å². The highest BCUT2D eigenvalue weighted by Gasteiger charge is 2.38. The van der Waals surface area contributed by atoms with Gasteiger partial charge >= 0.3 is 0 Å². The fraction of sp³-hybridized carbons (Fsp3) is 0.571. The van der Waals surface area contributed by atoms with Gasteiger partial charge in [0.15, 0.2) is 0 Å². The third-order valence-corrected chi connectivity index (χ3v) is 5.43. The van der Waals surface area contributed by atoms with Crippen LogP contribution in [0.25, 0.3) is 0 Å². The van der Waals surface area contributed by atoms with E-state index in [0.29, 0.717) is 31.2 Å². The van der Waals surface area contributed by atoms with E-state index < -0.39 is 15.6 Å². The second-order valence-corrected chi connectivity index (χ2v) is 7.68. The van der Waals surface area contributed by atoms with Crippen LogP contribution in [-0.2, 0) is 14.8 Å². The SMILES string of the molecule is CC1(C)COCCN1S(=O)(=O)CCOc1ccc(N)cc1. The van der Waals surface area contributed by atoms with Gasteiger partial charge < -0.3 is 15.2 Å². The van der Waals surface area contributed by atoms with Gasteiger partial charge in [-0.2, -0.15) is 4.31 Å². The molecule has 0 bridgehead atoms. The van der Waals surface area contributed by atoms with Crippen molar-refractivity contribution in [2.24, 2.45) is 0 Å². The van der Waals surface area contributed by atoms with Crippen LogP contribution >= 0.6 is 0 Å². The van der Waals surface area contributed by atoms with Crippen molar-refractivity contribution in [2.75, 3.05) is 37.9 Å². The molecule has 0 aromatic heterocycles. The highest BCUT2D eigenvalue weighted by atomic mass is 32.2. The van der Waals surface area contributed by atoms with Gasteiger partial charge in [-0.25, -0.2) is 8.42 Å². The van der Waals surface area contributed by atoms with Crippen LogP contribution in [0.5, 0.6) is 5.75 Å². The number of morpholine rings is 1. The lowest BCUT2D eigenvalue weighted by atomic mass is 10.1. The zero-order valence-electron chi connectivity index (χ0n) is 12.4. The van der Waals surface area contributed by atoms with Crippen molar-refractivity contribution < 1.29 is 17.9 Å². The van der Waals surface area contributed by atoms with Crippen molar-refractivity contribution in [1.82, 2.24) is 4.31 Å². The summed E-state index contributed by atoms with van der Waals surface area (Å²) in [5.74, 6) is 0.557. The van der Waals surface area contributed by atoms with Crippen LogP contribution < -0.4 is 10.5 Å². The fourth-order valence-electron chi connectivity index (χ4n) is 2.30. The average Bonchev–Trinajstić information content (AvgIpc) is 2.40. The number of nitrogens with zero attached hydrogens (tertiary/aromatic N) is 1. The second-order valence-electron chi connectivity index (χ2n) is 5.67. The predicted molar refractivity (Wildman–Crippen MR) is 81.7 cm³/mol. The number of nitrogens with two attached hydrogens (primary N) is 1. The van der Waals surface area contributed by atoms with E-state index in [4.69, 9.17) is 15.2 Å². The Labute approximate surface area is 125 Å². The van der Waals surface area contributed by atoms with E-state index in [0.717, 1.165) is 0 Å². The normalized spacial score (nSPS) is 19.3. The second kappa shape index (κ2) is 6.21. The molecule has 1 heterocycles. The van der Waals surface area contributed by atoms with E-state index in [1.807, 2.05) is 13.8 Å².